The fraction of sp³-hybridized carbons (Fsp3) is 0.375. The summed E-state index contributed by atoms with van der Waals surface area (Å²) in [7, 11) is 1.29. The molecule has 6 nitrogen and oxygen atoms in total. The van der Waals surface area contributed by atoms with Crippen molar-refractivity contribution in [3.63, 3.8) is 0 Å². The number of morpholine rings is 1. The lowest BCUT2D eigenvalue weighted by Gasteiger charge is -2.28. The predicted octanol–water partition coefficient (Wildman–Crippen LogP) is 1.93. The third-order valence-corrected chi connectivity index (χ3v) is 3.53. The van der Waals surface area contributed by atoms with E-state index >= 15 is 0 Å². The van der Waals surface area contributed by atoms with Gasteiger partial charge in [0.15, 0.2) is 0 Å². The van der Waals surface area contributed by atoms with E-state index in [9.17, 15) is 4.79 Å². The van der Waals surface area contributed by atoms with Crippen LogP contribution in [-0.4, -0.2) is 50.3 Å². The van der Waals surface area contributed by atoms with Gasteiger partial charge >= 0.3 is 5.97 Å². The summed E-state index contributed by atoms with van der Waals surface area (Å²) in [4.78, 5) is 14.0. The number of nitrogens with zero attached hydrogens (tertiary/aromatic N) is 2. The van der Waals surface area contributed by atoms with Crippen LogP contribution in [-0.2, 0) is 14.3 Å². The summed E-state index contributed by atoms with van der Waals surface area (Å²) in [6.07, 6.45) is 1.64. The molecule has 0 atom stereocenters. The van der Waals surface area contributed by atoms with Crippen molar-refractivity contribution in [2.75, 3.05) is 38.3 Å². The van der Waals surface area contributed by atoms with Crippen molar-refractivity contribution in [1.82, 2.24) is 0 Å². The number of anilines is 1. The van der Waals surface area contributed by atoms with Crippen LogP contribution >= 0.6 is 0 Å². The highest BCUT2D eigenvalue weighted by atomic mass is 16.5. The van der Waals surface area contributed by atoms with Crippen LogP contribution in [0.25, 0.3) is 6.08 Å². The second kappa shape index (κ2) is 7.61. The van der Waals surface area contributed by atoms with E-state index in [1.54, 1.807) is 13.0 Å². The van der Waals surface area contributed by atoms with Crippen LogP contribution in [0.5, 0.6) is 0 Å². The van der Waals surface area contributed by atoms with E-state index < -0.39 is 5.97 Å². The number of benzene rings is 1. The van der Waals surface area contributed by atoms with Crippen LogP contribution < -0.4 is 4.90 Å². The molecule has 1 saturated heterocycles. The molecule has 1 N–H and O–H groups in total. The highest BCUT2D eigenvalue weighted by Crippen LogP contribution is 2.18. The van der Waals surface area contributed by atoms with Crippen molar-refractivity contribution in [3.05, 3.63) is 35.4 Å². The Morgan fingerprint density at radius 1 is 1.32 bits per heavy atom. The molecule has 0 amide bonds. The first-order chi connectivity index (χ1) is 10.7. The van der Waals surface area contributed by atoms with Gasteiger partial charge in [-0.3, -0.25) is 0 Å². The first kappa shape index (κ1) is 16.0. The smallest absolute Gasteiger partial charge is 0.339 e. The minimum Gasteiger partial charge on any atom is -0.465 e. The summed E-state index contributed by atoms with van der Waals surface area (Å²) in [6, 6.07) is 7.83. The Labute approximate surface area is 129 Å². The number of methoxy groups -OCH3 is 1. The number of oxime groups is 1. The summed E-state index contributed by atoms with van der Waals surface area (Å²) in [5.41, 5.74) is 2.39. The number of rotatable bonds is 4. The number of ether oxygens (including phenoxy) is 2. The van der Waals surface area contributed by atoms with Crippen LogP contribution in [0.2, 0.25) is 0 Å². The van der Waals surface area contributed by atoms with Gasteiger partial charge in [0.25, 0.3) is 0 Å². The summed E-state index contributed by atoms with van der Waals surface area (Å²) < 4.78 is 10.0. The average molecular weight is 304 g/mol. The lowest BCUT2D eigenvalue weighted by atomic mass is 10.1. The topological polar surface area (TPSA) is 71.4 Å². The minimum atomic E-state index is -0.535. The van der Waals surface area contributed by atoms with Crippen molar-refractivity contribution >= 4 is 23.4 Å². The maximum atomic E-state index is 11.7. The highest BCUT2D eigenvalue weighted by molar-refractivity contribution is 6.21. The van der Waals surface area contributed by atoms with Crippen LogP contribution in [0.4, 0.5) is 5.69 Å². The van der Waals surface area contributed by atoms with E-state index in [2.05, 4.69) is 10.1 Å². The maximum Gasteiger partial charge on any atom is 0.339 e. The fourth-order valence-corrected chi connectivity index (χ4v) is 2.24. The third-order valence-electron chi connectivity index (χ3n) is 3.53. The van der Waals surface area contributed by atoms with Crippen LogP contribution in [0.15, 0.2) is 35.0 Å². The van der Waals surface area contributed by atoms with Gasteiger partial charge in [-0.25, -0.2) is 4.79 Å². The van der Waals surface area contributed by atoms with E-state index in [4.69, 9.17) is 14.7 Å². The molecule has 0 bridgehead atoms. The number of hydrogen-bond acceptors (Lipinski definition) is 6. The van der Waals surface area contributed by atoms with Crippen molar-refractivity contribution in [2.24, 2.45) is 5.16 Å². The van der Waals surface area contributed by atoms with Gasteiger partial charge in [0.1, 0.15) is 0 Å². The quantitative estimate of drug-likeness (QED) is 0.302. The molecular formula is C16H20N2O4. The Morgan fingerprint density at radius 3 is 2.50 bits per heavy atom. The molecule has 0 unspecified atom stereocenters. The minimum absolute atomic E-state index is 0.212. The van der Waals surface area contributed by atoms with Gasteiger partial charge in [0.2, 0.25) is 0 Å². The van der Waals surface area contributed by atoms with Gasteiger partial charge in [-0.2, -0.15) is 0 Å². The lowest BCUT2D eigenvalue weighted by Crippen LogP contribution is -2.36. The maximum absolute atomic E-state index is 11.7. The van der Waals surface area contributed by atoms with E-state index in [0.29, 0.717) is 0 Å². The van der Waals surface area contributed by atoms with Crippen molar-refractivity contribution in [3.8, 4) is 0 Å². The van der Waals surface area contributed by atoms with Crippen LogP contribution in [0.1, 0.15) is 12.5 Å². The largest absolute Gasteiger partial charge is 0.465 e. The molecule has 2 rings (SSSR count). The fourth-order valence-electron chi connectivity index (χ4n) is 2.24. The molecule has 1 fully saturated rings. The number of esters is 1. The highest BCUT2D eigenvalue weighted by Gasteiger charge is 2.14. The summed E-state index contributed by atoms with van der Waals surface area (Å²) >= 11 is 0. The van der Waals surface area contributed by atoms with Crippen LogP contribution in [0, 0.1) is 0 Å². The average Bonchev–Trinajstić information content (AvgIpc) is 2.59. The van der Waals surface area contributed by atoms with Crippen molar-refractivity contribution in [2.45, 2.75) is 6.92 Å². The zero-order valence-electron chi connectivity index (χ0n) is 12.8. The molecular weight excluding hydrogens is 284 g/mol. The van der Waals surface area contributed by atoms with Gasteiger partial charge in [-0.15, -0.1) is 0 Å². The Balaban J connectivity index is 2.20. The zero-order chi connectivity index (χ0) is 15.9. The SMILES string of the molecule is COC(=O)C(=C/c1ccc(N2CCOCC2)cc1)/C(C)=N/O. The van der Waals surface area contributed by atoms with Gasteiger partial charge in [-0.1, -0.05) is 17.3 Å². The first-order valence-electron chi connectivity index (χ1n) is 7.07. The zero-order valence-corrected chi connectivity index (χ0v) is 12.8. The molecule has 0 aliphatic carbocycles. The van der Waals surface area contributed by atoms with E-state index in [-0.39, 0.29) is 11.3 Å². The van der Waals surface area contributed by atoms with Gasteiger partial charge < -0.3 is 19.6 Å². The normalized spacial score (nSPS) is 16.5. The van der Waals surface area contributed by atoms with Crippen molar-refractivity contribution < 1.29 is 19.5 Å². The van der Waals surface area contributed by atoms with Gasteiger partial charge in [0, 0.05) is 18.8 Å². The molecule has 6 heteroatoms. The summed E-state index contributed by atoms with van der Waals surface area (Å²) in [6.45, 7) is 4.77. The van der Waals surface area contributed by atoms with E-state index in [1.807, 2.05) is 24.3 Å². The van der Waals surface area contributed by atoms with Crippen LogP contribution in [0.3, 0.4) is 0 Å². The predicted molar refractivity (Wildman–Crippen MR) is 84.4 cm³/mol. The second-order valence-electron chi connectivity index (χ2n) is 4.93. The second-order valence-corrected chi connectivity index (χ2v) is 4.93. The standard InChI is InChI=1S/C16H20N2O4/c1-12(17-20)15(16(19)21-2)11-13-3-5-14(6-4-13)18-7-9-22-10-8-18/h3-6,11,20H,7-10H2,1-2H3/b15-11+,17-12+. The number of carbonyl (C=O) groups excluding carboxylic acids is 1. The molecule has 0 spiro atoms. The number of hydrogen-bond donors (Lipinski definition) is 1. The molecule has 1 aliphatic heterocycles. The van der Waals surface area contributed by atoms with E-state index in [1.165, 1.54) is 7.11 Å². The molecule has 118 valence electrons. The van der Waals surface area contributed by atoms with Gasteiger partial charge in [0.05, 0.1) is 31.6 Å². The molecule has 0 aromatic heterocycles. The summed E-state index contributed by atoms with van der Waals surface area (Å²) in [5, 5.41) is 11.9. The van der Waals surface area contributed by atoms with E-state index in [0.717, 1.165) is 37.6 Å². The third kappa shape index (κ3) is 3.85. The molecule has 1 aromatic rings. The molecule has 0 radical (unpaired) electrons. The van der Waals surface area contributed by atoms with Gasteiger partial charge in [-0.05, 0) is 30.7 Å². The Hall–Kier alpha value is -2.34. The molecule has 0 saturated carbocycles. The molecule has 1 heterocycles. The number of carbonyl (C=O) groups is 1. The Kier molecular flexibility index (Phi) is 5.55. The molecule has 22 heavy (non-hydrogen) atoms. The molecule has 1 aromatic carbocycles. The monoisotopic (exact) mass is 304 g/mol. The Bertz CT molecular complexity index is 572. The van der Waals surface area contributed by atoms with Crippen molar-refractivity contribution in [1.29, 1.82) is 0 Å². The lowest BCUT2D eigenvalue weighted by molar-refractivity contribution is -0.135. The first-order valence-corrected chi connectivity index (χ1v) is 7.07. The summed E-state index contributed by atoms with van der Waals surface area (Å²) in [5.74, 6) is -0.535. The Morgan fingerprint density at radius 2 is 1.95 bits per heavy atom. The molecule has 1 aliphatic rings.